The largest absolute Gasteiger partial charge is 0.329 e. The molecule has 0 spiro atoms. The Hall–Kier alpha value is -1.45. The van der Waals surface area contributed by atoms with Crippen LogP contribution in [-0.4, -0.2) is 17.1 Å². The standard InChI is InChI=1S/C13H17N3/c1-13(15,9-14)8-11-7-6-10-4-2-3-5-12(10)16-11/h2-7H,8-9,14-15H2,1H3. The van der Waals surface area contributed by atoms with E-state index < -0.39 is 0 Å². The van der Waals surface area contributed by atoms with Crippen LogP contribution in [0, 0.1) is 0 Å². The van der Waals surface area contributed by atoms with E-state index in [2.05, 4.69) is 17.1 Å². The van der Waals surface area contributed by atoms with Crippen molar-refractivity contribution < 1.29 is 0 Å². The van der Waals surface area contributed by atoms with Crippen molar-refractivity contribution in [2.45, 2.75) is 18.9 Å². The summed E-state index contributed by atoms with van der Waals surface area (Å²) in [5.74, 6) is 0. The Kier molecular flexibility index (Phi) is 2.90. The average Bonchev–Trinajstić information content (AvgIpc) is 2.28. The van der Waals surface area contributed by atoms with Gasteiger partial charge in [-0.1, -0.05) is 24.3 Å². The maximum atomic E-state index is 6.03. The van der Waals surface area contributed by atoms with Gasteiger partial charge in [0.1, 0.15) is 0 Å². The van der Waals surface area contributed by atoms with Gasteiger partial charge in [0.2, 0.25) is 0 Å². The molecule has 1 unspecified atom stereocenters. The summed E-state index contributed by atoms with van der Waals surface area (Å²) in [6, 6.07) is 12.2. The third-order valence-electron chi connectivity index (χ3n) is 2.71. The van der Waals surface area contributed by atoms with E-state index in [1.807, 2.05) is 31.2 Å². The summed E-state index contributed by atoms with van der Waals surface area (Å²) in [4.78, 5) is 4.57. The molecule has 0 fully saturated rings. The first-order valence-electron chi connectivity index (χ1n) is 5.44. The molecule has 0 amide bonds. The lowest BCUT2D eigenvalue weighted by Gasteiger charge is -2.21. The summed E-state index contributed by atoms with van der Waals surface area (Å²) in [7, 11) is 0. The van der Waals surface area contributed by atoms with Gasteiger partial charge in [-0.15, -0.1) is 0 Å². The molecule has 2 aromatic rings. The molecular weight excluding hydrogens is 198 g/mol. The lowest BCUT2D eigenvalue weighted by atomic mass is 9.97. The van der Waals surface area contributed by atoms with Gasteiger partial charge in [-0.2, -0.15) is 0 Å². The van der Waals surface area contributed by atoms with Gasteiger partial charge in [0, 0.05) is 29.6 Å². The number of aromatic nitrogens is 1. The summed E-state index contributed by atoms with van der Waals surface area (Å²) in [5.41, 5.74) is 13.3. The Morgan fingerprint density at radius 1 is 1.19 bits per heavy atom. The average molecular weight is 215 g/mol. The molecule has 0 saturated heterocycles. The van der Waals surface area contributed by atoms with E-state index in [-0.39, 0.29) is 5.54 Å². The van der Waals surface area contributed by atoms with Gasteiger partial charge in [0.15, 0.2) is 0 Å². The molecule has 0 aliphatic heterocycles. The van der Waals surface area contributed by atoms with Crippen molar-refractivity contribution in [2.75, 3.05) is 6.54 Å². The van der Waals surface area contributed by atoms with E-state index in [1.165, 1.54) is 0 Å². The van der Waals surface area contributed by atoms with E-state index >= 15 is 0 Å². The fourth-order valence-corrected chi connectivity index (χ4v) is 1.69. The topological polar surface area (TPSA) is 64.9 Å². The van der Waals surface area contributed by atoms with E-state index in [1.54, 1.807) is 0 Å². The first-order chi connectivity index (χ1) is 7.61. The number of fused-ring (bicyclic) bond motifs is 1. The van der Waals surface area contributed by atoms with Gasteiger partial charge in [-0.3, -0.25) is 4.98 Å². The molecule has 0 saturated carbocycles. The Labute approximate surface area is 95.5 Å². The van der Waals surface area contributed by atoms with E-state index in [9.17, 15) is 0 Å². The van der Waals surface area contributed by atoms with Gasteiger partial charge in [-0.25, -0.2) is 0 Å². The molecule has 1 aromatic carbocycles. The Morgan fingerprint density at radius 3 is 2.69 bits per heavy atom. The lowest BCUT2D eigenvalue weighted by molar-refractivity contribution is 0.473. The van der Waals surface area contributed by atoms with E-state index in [4.69, 9.17) is 11.5 Å². The zero-order chi connectivity index (χ0) is 11.6. The highest BCUT2D eigenvalue weighted by molar-refractivity contribution is 5.78. The highest BCUT2D eigenvalue weighted by Gasteiger charge is 2.17. The first kappa shape index (κ1) is 11.0. The van der Waals surface area contributed by atoms with Crippen molar-refractivity contribution in [2.24, 2.45) is 11.5 Å². The van der Waals surface area contributed by atoms with Crippen molar-refractivity contribution in [3.63, 3.8) is 0 Å². The molecule has 16 heavy (non-hydrogen) atoms. The van der Waals surface area contributed by atoms with E-state index in [0.29, 0.717) is 13.0 Å². The van der Waals surface area contributed by atoms with Crippen molar-refractivity contribution in [3.05, 3.63) is 42.1 Å². The maximum absolute atomic E-state index is 6.03. The Balaban J connectivity index is 2.33. The number of hydrogen-bond acceptors (Lipinski definition) is 3. The molecule has 3 heteroatoms. The van der Waals surface area contributed by atoms with Crippen LogP contribution in [0.3, 0.4) is 0 Å². The number of hydrogen-bond donors (Lipinski definition) is 2. The minimum atomic E-state index is -0.380. The summed E-state index contributed by atoms with van der Waals surface area (Å²) in [5, 5.41) is 1.15. The van der Waals surface area contributed by atoms with Gasteiger partial charge in [0.05, 0.1) is 5.52 Å². The minimum absolute atomic E-state index is 0.380. The second-order valence-corrected chi connectivity index (χ2v) is 4.53. The molecule has 3 nitrogen and oxygen atoms in total. The van der Waals surface area contributed by atoms with E-state index in [0.717, 1.165) is 16.6 Å². The van der Waals surface area contributed by atoms with Crippen molar-refractivity contribution >= 4 is 10.9 Å². The van der Waals surface area contributed by atoms with Crippen molar-refractivity contribution in [1.82, 2.24) is 4.98 Å². The lowest BCUT2D eigenvalue weighted by Crippen LogP contribution is -2.46. The third kappa shape index (κ3) is 2.38. The molecule has 84 valence electrons. The number of pyridine rings is 1. The van der Waals surface area contributed by atoms with Crippen molar-refractivity contribution in [1.29, 1.82) is 0 Å². The highest BCUT2D eigenvalue weighted by atomic mass is 14.8. The van der Waals surface area contributed by atoms with Gasteiger partial charge in [0.25, 0.3) is 0 Å². The van der Waals surface area contributed by atoms with Crippen molar-refractivity contribution in [3.8, 4) is 0 Å². The Morgan fingerprint density at radius 2 is 1.94 bits per heavy atom. The summed E-state index contributed by atoms with van der Waals surface area (Å²) in [6.45, 7) is 2.41. The Bertz CT molecular complexity index is 491. The molecule has 1 atom stereocenters. The molecule has 1 aromatic heterocycles. The number of benzene rings is 1. The molecule has 0 bridgehead atoms. The molecule has 0 aliphatic rings. The van der Waals surface area contributed by atoms with Crippen LogP contribution >= 0.6 is 0 Å². The monoisotopic (exact) mass is 215 g/mol. The molecular formula is C13H17N3. The molecule has 2 rings (SSSR count). The van der Waals surface area contributed by atoms with Crippen LogP contribution in [0.4, 0.5) is 0 Å². The molecule has 0 radical (unpaired) electrons. The third-order valence-corrected chi connectivity index (χ3v) is 2.71. The first-order valence-corrected chi connectivity index (χ1v) is 5.44. The van der Waals surface area contributed by atoms with Crippen LogP contribution in [0.5, 0.6) is 0 Å². The summed E-state index contributed by atoms with van der Waals surface area (Å²) in [6.07, 6.45) is 0.703. The second-order valence-electron chi connectivity index (χ2n) is 4.53. The van der Waals surface area contributed by atoms with Gasteiger partial charge >= 0.3 is 0 Å². The second kappa shape index (κ2) is 4.20. The smallest absolute Gasteiger partial charge is 0.0705 e. The fourth-order valence-electron chi connectivity index (χ4n) is 1.69. The fraction of sp³-hybridized carbons (Fsp3) is 0.308. The molecule has 1 heterocycles. The predicted molar refractivity (Wildman–Crippen MR) is 67.1 cm³/mol. The number of rotatable bonds is 3. The highest BCUT2D eigenvalue weighted by Crippen LogP contribution is 2.14. The van der Waals surface area contributed by atoms with Crippen LogP contribution in [0.25, 0.3) is 10.9 Å². The number of nitrogens with zero attached hydrogens (tertiary/aromatic N) is 1. The number of nitrogens with two attached hydrogens (primary N) is 2. The summed E-state index contributed by atoms with van der Waals surface area (Å²) < 4.78 is 0. The quantitative estimate of drug-likeness (QED) is 0.814. The van der Waals surface area contributed by atoms with Gasteiger partial charge in [-0.05, 0) is 19.1 Å². The van der Waals surface area contributed by atoms with Crippen LogP contribution < -0.4 is 11.5 Å². The van der Waals surface area contributed by atoms with Gasteiger partial charge < -0.3 is 11.5 Å². The van der Waals surface area contributed by atoms with Crippen LogP contribution in [0.2, 0.25) is 0 Å². The van der Waals surface area contributed by atoms with Crippen LogP contribution in [-0.2, 0) is 6.42 Å². The molecule has 0 aliphatic carbocycles. The predicted octanol–water partition coefficient (Wildman–Crippen LogP) is 1.45. The zero-order valence-corrected chi connectivity index (χ0v) is 9.48. The van der Waals surface area contributed by atoms with Crippen LogP contribution in [0.1, 0.15) is 12.6 Å². The molecule has 4 N–H and O–H groups in total. The zero-order valence-electron chi connectivity index (χ0n) is 9.48. The summed E-state index contributed by atoms with van der Waals surface area (Å²) >= 11 is 0. The maximum Gasteiger partial charge on any atom is 0.0705 e. The van der Waals surface area contributed by atoms with Crippen LogP contribution in [0.15, 0.2) is 36.4 Å². The normalized spacial score (nSPS) is 14.9. The minimum Gasteiger partial charge on any atom is -0.329 e. The number of para-hydroxylation sites is 1. The SMILES string of the molecule is CC(N)(CN)Cc1ccc2ccccc2n1.